The van der Waals surface area contributed by atoms with Crippen LogP contribution >= 0.6 is 0 Å². The highest BCUT2D eigenvalue weighted by Crippen LogP contribution is 2.23. The standard InChI is InChI=1S/C19H19N3O/c1-14(2)22-13-16(17-10-6-7-11-18(17)22)12-20-21-19(23)15-8-4-3-5-9-15/h3-14H,1-2H3,(H,21,23)/b20-12-. The highest BCUT2D eigenvalue weighted by molar-refractivity contribution is 6.00. The van der Waals surface area contributed by atoms with E-state index < -0.39 is 0 Å². The number of hydrogen-bond acceptors (Lipinski definition) is 2. The van der Waals surface area contributed by atoms with E-state index in [2.05, 4.69) is 47.3 Å². The minimum atomic E-state index is -0.213. The highest BCUT2D eigenvalue weighted by Gasteiger charge is 2.08. The van der Waals surface area contributed by atoms with Gasteiger partial charge in [-0.25, -0.2) is 5.43 Å². The van der Waals surface area contributed by atoms with Gasteiger partial charge in [0.05, 0.1) is 6.21 Å². The summed E-state index contributed by atoms with van der Waals surface area (Å²) in [5, 5.41) is 5.23. The Kier molecular flexibility index (Phi) is 4.24. The molecule has 116 valence electrons. The van der Waals surface area contributed by atoms with Crippen molar-refractivity contribution >= 4 is 23.0 Å². The van der Waals surface area contributed by atoms with E-state index in [1.54, 1.807) is 18.3 Å². The van der Waals surface area contributed by atoms with E-state index in [1.165, 1.54) is 5.52 Å². The van der Waals surface area contributed by atoms with Crippen LogP contribution < -0.4 is 5.43 Å². The second kappa shape index (κ2) is 6.48. The summed E-state index contributed by atoms with van der Waals surface area (Å²) in [5.41, 5.74) is 5.32. The Morgan fingerprint density at radius 1 is 1.09 bits per heavy atom. The summed E-state index contributed by atoms with van der Waals surface area (Å²) in [7, 11) is 0. The molecule has 0 saturated carbocycles. The van der Waals surface area contributed by atoms with Gasteiger partial charge in [-0.05, 0) is 32.0 Å². The van der Waals surface area contributed by atoms with Gasteiger partial charge in [0.2, 0.25) is 0 Å². The van der Waals surface area contributed by atoms with Crippen molar-refractivity contribution in [3.8, 4) is 0 Å². The Balaban J connectivity index is 1.83. The Bertz CT molecular complexity index is 847. The van der Waals surface area contributed by atoms with Crippen LogP contribution in [-0.4, -0.2) is 16.7 Å². The van der Waals surface area contributed by atoms with Gasteiger partial charge in [0.15, 0.2) is 0 Å². The van der Waals surface area contributed by atoms with E-state index in [0.29, 0.717) is 11.6 Å². The van der Waals surface area contributed by atoms with Crippen LogP contribution in [0.4, 0.5) is 0 Å². The Hall–Kier alpha value is -2.88. The van der Waals surface area contributed by atoms with Gasteiger partial charge in [-0.2, -0.15) is 5.10 Å². The highest BCUT2D eigenvalue weighted by atomic mass is 16.2. The zero-order valence-corrected chi connectivity index (χ0v) is 13.2. The average molecular weight is 305 g/mol. The number of hydrogen-bond donors (Lipinski definition) is 1. The van der Waals surface area contributed by atoms with Crippen molar-refractivity contribution in [2.24, 2.45) is 5.10 Å². The molecule has 0 saturated heterocycles. The fraction of sp³-hybridized carbons (Fsp3) is 0.158. The molecule has 4 heteroatoms. The number of para-hydroxylation sites is 1. The van der Waals surface area contributed by atoms with Gasteiger partial charge in [-0.3, -0.25) is 4.79 Å². The molecule has 2 aromatic carbocycles. The first kappa shape index (κ1) is 15.0. The van der Waals surface area contributed by atoms with E-state index in [1.807, 2.05) is 30.3 Å². The number of nitrogens with one attached hydrogen (secondary N) is 1. The average Bonchev–Trinajstić information content (AvgIpc) is 2.95. The third kappa shape index (κ3) is 3.16. The summed E-state index contributed by atoms with van der Waals surface area (Å²) < 4.78 is 2.20. The van der Waals surface area contributed by atoms with Crippen LogP contribution in [0.5, 0.6) is 0 Å². The van der Waals surface area contributed by atoms with Crippen molar-refractivity contribution in [2.45, 2.75) is 19.9 Å². The summed E-state index contributed by atoms with van der Waals surface area (Å²) in [4.78, 5) is 12.0. The van der Waals surface area contributed by atoms with Crippen molar-refractivity contribution in [2.75, 3.05) is 0 Å². The van der Waals surface area contributed by atoms with E-state index in [4.69, 9.17) is 0 Å². The van der Waals surface area contributed by atoms with Crippen molar-refractivity contribution in [1.82, 2.24) is 9.99 Å². The molecule has 1 N–H and O–H groups in total. The molecule has 1 amide bonds. The molecular weight excluding hydrogens is 286 g/mol. The van der Waals surface area contributed by atoms with Crippen LogP contribution in [0.3, 0.4) is 0 Å². The monoisotopic (exact) mass is 305 g/mol. The topological polar surface area (TPSA) is 46.4 Å². The number of nitrogens with zero attached hydrogens (tertiary/aromatic N) is 2. The summed E-state index contributed by atoms with van der Waals surface area (Å²) in [6.07, 6.45) is 3.76. The largest absolute Gasteiger partial charge is 0.344 e. The first-order valence-electron chi connectivity index (χ1n) is 7.65. The number of carbonyl (C=O) groups is 1. The number of carbonyl (C=O) groups excluding carboxylic acids is 1. The lowest BCUT2D eigenvalue weighted by atomic mass is 10.2. The first-order valence-corrected chi connectivity index (χ1v) is 7.65. The second-order valence-corrected chi connectivity index (χ2v) is 5.67. The molecule has 1 aromatic heterocycles. The van der Waals surface area contributed by atoms with Crippen LogP contribution in [0.15, 0.2) is 65.9 Å². The summed E-state index contributed by atoms with van der Waals surface area (Å²) in [6, 6.07) is 17.6. The van der Waals surface area contributed by atoms with Crippen LogP contribution in [0.2, 0.25) is 0 Å². The van der Waals surface area contributed by atoms with Crippen molar-refractivity contribution in [1.29, 1.82) is 0 Å². The molecule has 4 nitrogen and oxygen atoms in total. The zero-order valence-electron chi connectivity index (χ0n) is 13.2. The quantitative estimate of drug-likeness (QED) is 0.575. The SMILES string of the molecule is CC(C)n1cc(/C=N\NC(=O)c2ccccc2)c2ccccc21. The molecule has 0 unspecified atom stereocenters. The van der Waals surface area contributed by atoms with Crippen molar-refractivity contribution in [3.05, 3.63) is 71.9 Å². The number of fused-ring (bicyclic) bond motifs is 1. The number of amides is 1. The van der Waals surface area contributed by atoms with Gasteiger partial charge < -0.3 is 4.57 Å². The van der Waals surface area contributed by atoms with Gasteiger partial charge in [-0.1, -0.05) is 36.4 Å². The van der Waals surface area contributed by atoms with Gasteiger partial charge in [0.1, 0.15) is 0 Å². The lowest BCUT2D eigenvalue weighted by Gasteiger charge is -2.08. The van der Waals surface area contributed by atoms with E-state index in [-0.39, 0.29) is 5.91 Å². The molecule has 0 aliphatic carbocycles. The summed E-state index contributed by atoms with van der Waals surface area (Å²) >= 11 is 0. The summed E-state index contributed by atoms with van der Waals surface area (Å²) in [6.45, 7) is 4.29. The smallest absolute Gasteiger partial charge is 0.271 e. The van der Waals surface area contributed by atoms with Gasteiger partial charge >= 0.3 is 0 Å². The molecule has 0 bridgehead atoms. The van der Waals surface area contributed by atoms with Crippen LogP contribution in [-0.2, 0) is 0 Å². The number of aromatic nitrogens is 1. The molecule has 23 heavy (non-hydrogen) atoms. The maximum absolute atomic E-state index is 12.0. The predicted octanol–water partition coefficient (Wildman–Crippen LogP) is 3.99. The van der Waals surface area contributed by atoms with Crippen LogP contribution in [0.25, 0.3) is 10.9 Å². The molecule has 1 heterocycles. The van der Waals surface area contributed by atoms with E-state index in [9.17, 15) is 4.79 Å². The zero-order chi connectivity index (χ0) is 16.2. The van der Waals surface area contributed by atoms with Gasteiger partial charge in [0.25, 0.3) is 5.91 Å². The number of benzene rings is 2. The van der Waals surface area contributed by atoms with E-state index >= 15 is 0 Å². The lowest BCUT2D eigenvalue weighted by Crippen LogP contribution is -2.17. The van der Waals surface area contributed by atoms with E-state index in [0.717, 1.165) is 10.9 Å². The number of rotatable bonds is 4. The summed E-state index contributed by atoms with van der Waals surface area (Å²) in [5.74, 6) is -0.213. The van der Waals surface area contributed by atoms with Crippen molar-refractivity contribution in [3.63, 3.8) is 0 Å². The third-order valence-electron chi connectivity index (χ3n) is 3.73. The maximum atomic E-state index is 12.0. The van der Waals surface area contributed by atoms with Crippen LogP contribution in [0, 0.1) is 0 Å². The molecule has 0 aliphatic heterocycles. The fourth-order valence-electron chi connectivity index (χ4n) is 2.58. The molecule has 3 rings (SSSR count). The Labute approximate surface area is 135 Å². The molecule has 0 atom stereocenters. The molecule has 3 aromatic rings. The maximum Gasteiger partial charge on any atom is 0.271 e. The minimum absolute atomic E-state index is 0.213. The molecular formula is C19H19N3O. The van der Waals surface area contributed by atoms with Crippen LogP contribution in [0.1, 0.15) is 35.8 Å². The normalized spacial score (nSPS) is 11.4. The third-order valence-corrected chi connectivity index (χ3v) is 3.73. The van der Waals surface area contributed by atoms with Gasteiger partial charge in [0, 0.05) is 34.3 Å². The second-order valence-electron chi connectivity index (χ2n) is 5.67. The molecule has 0 aliphatic rings. The first-order chi connectivity index (χ1) is 11.2. The number of hydrazone groups is 1. The van der Waals surface area contributed by atoms with Crippen molar-refractivity contribution < 1.29 is 4.79 Å². The lowest BCUT2D eigenvalue weighted by molar-refractivity contribution is 0.0955. The fourth-order valence-corrected chi connectivity index (χ4v) is 2.58. The van der Waals surface area contributed by atoms with Gasteiger partial charge in [-0.15, -0.1) is 0 Å². The molecule has 0 fully saturated rings. The Morgan fingerprint density at radius 3 is 2.52 bits per heavy atom. The molecule has 0 spiro atoms. The minimum Gasteiger partial charge on any atom is -0.344 e. The Morgan fingerprint density at radius 2 is 1.78 bits per heavy atom. The predicted molar refractivity (Wildman–Crippen MR) is 93.8 cm³/mol. The molecule has 0 radical (unpaired) electrons.